The van der Waals surface area contributed by atoms with Gasteiger partial charge in [-0.05, 0) is 70.5 Å². The molecule has 2 aromatic heterocycles. The molecule has 0 aliphatic carbocycles. The van der Waals surface area contributed by atoms with Gasteiger partial charge < -0.3 is 19.7 Å². The molecule has 2 aromatic carbocycles. The van der Waals surface area contributed by atoms with Crippen LogP contribution < -0.4 is 5.32 Å². The molecular weight excluding hydrogens is 504 g/mol. The Morgan fingerprint density at radius 1 is 1.08 bits per heavy atom. The smallest absolute Gasteiger partial charge is 0.202 e. The zero-order chi connectivity index (χ0) is 28.7. The van der Waals surface area contributed by atoms with Crippen molar-refractivity contribution < 1.29 is 14.4 Å². The zero-order valence-electron chi connectivity index (χ0n) is 23.3. The molecule has 0 aliphatic rings. The second-order valence-electron chi connectivity index (χ2n) is 8.91. The third-order valence-corrected chi connectivity index (χ3v) is 4.84. The number of aryl methyl sites for hydroxylation is 1. The predicted octanol–water partition coefficient (Wildman–Crippen LogP) is 6.12. The maximum atomic E-state index is 8.00. The highest BCUT2D eigenvalue weighted by Gasteiger charge is 2.11. The number of pyridine rings is 1. The molecule has 38 heavy (non-hydrogen) atoms. The second-order valence-corrected chi connectivity index (χ2v) is 9.35. The molecule has 4 aromatic rings. The van der Waals surface area contributed by atoms with Gasteiger partial charge in [-0.15, -0.1) is 5.10 Å². The minimum absolute atomic E-state index is 0.230. The first-order chi connectivity index (χ1) is 18.1. The van der Waals surface area contributed by atoms with Gasteiger partial charge >= 0.3 is 0 Å². The first kappa shape index (κ1) is 32.2. The molecule has 9 nitrogen and oxygen atoms in total. The number of hydrogen-bond acceptors (Lipinski definition) is 8. The fraction of sp³-hybridized carbons (Fsp3) is 0.321. The summed E-state index contributed by atoms with van der Waals surface area (Å²) in [6.45, 7) is 12.0. The van der Waals surface area contributed by atoms with Crippen LogP contribution in [0.1, 0.15) is 38.8 Å². The van der Waals surface area contributed by atoms with E-state index in [0.29, 0.717) is 10.7 Å². The van der Waals surface area contributed by atoms with E-state index in [0.717, 1.165) is 28.2 Å². The Balaban J connectivity index is 0.000000330. The van der Waals surface area contributed by atoms with Crippen LogP contribution in [0.5, 0.6) is 0 Å². The van der Waals surface area contributed by atoms with Crippen molar-refractivity contribution >= 4 is 41.0 Å². The quantitative estimate of drug-likeness (QED) is 0.245. The highest BCUT2D eigenvalue weighted by molar-refractivity contribution is 6.30. The Hall–Kier alpha value is -3.82. The third kappa shape index (κ3) is 10.3. The van der Waals surface area contributed by atoms with E-state index in [2.05, 4.69) is 61.7 Å². The van der Waals surface area contributed by atoms with E-state index in [4.69, 9.17) is 21.2 Å². The lowest BCUT2D eigenvalue weighted by atomic mass is 10.1. The summed E-state index contributed by atoms with van der Waals surface area (Å²) in [5, 5.41) is 16.0. The Bertz CT molecular complexity index is 1280. The number of nitrogens with one attached hydrogen (secondary N) is 1. The molecule has 0 amide bonds. The normalized spacial score (nSPS) is 10.7. The number of nitrogens with zero attached hydrogens (tertiary/aromatic N) is 5. The largest absolute Gasteiger partial charge is 0.390 e. The van der Waals surface area contributed by atoms with E-state index in [1.165, 1.54) is 5.56 Å². The van der Waals surface area contributed by atoms with Crippen molar-refractivity contribution in [3.05, 3.63) is 76.9 Å². The van der Waals surface area contributed by atoms with Crippen LogP contribution in [-0.2, 0) is 14.4 Å². The Morgan fingerprint density at radius 2 is 1.71 bits per heavy atom. The third-order valence-electron chi connectivity index (χ3n) is 4.61. The molecule has 0 fully saturated rings. The number of carbonyl (C=O) groups excluding carboxylic acids is 1. The SMILES string of the molecule is C/C(=N/OC(C)(C)C)c1ccc(C)cc1.C=O.CNc1ccc(Cl)cc1-n1nnc2ncccc21.COC. The molecular formula is C28H37ClN6O3. The second kappa shape index (κ2) is 16.1. The molecule has 0 spiro atoms. The number of fused-ring (bicyclic) bond motifs is 1. The molecule has 1 N–H and O–H groups in total. The van der Waals surface area contributed by atoms with Gasteiger partial charge in [-0.25, -0.2) is 9.67 Å². The number of benzene rings is 2. The Kier molecular flexibility index (Phi) is 13.7. The summed E-state index contributed by atoms with van der Waals surface area (Å²) < 4.78 is 5.97. The first-order valence-electron chi connectivity index (χ1n) is 11.7. The number of oxime groups is 1. The van der Waals surface area contributed by atoms with Gasteiger partial charge in [0.1, 0.15) is 17.9 Å². The molecule has 204 valence electrons. The lowest BCUT2D eigenvalue weighted by Gasteiger charge is -2.16. The molecule has 10 heteroatoms. The van der Waals surface area contributed by atoms with Gasteiger partial charge in [0, 0.05) is 32.5 Å². The van der Waals surface area contributed by atoms with E-state index in [-0.39, 0.29) is 5.60 Å². The number of anilines is 1. The van der Waals surface area contributed by atoms with Crippen molar-refractivity contribution in [3.8, 4) is 5.69 Å². The maximum Gasteiger partial charge on any atom is 0.202 e. The number of halogens is 1. The van der Waals surface area contributed by atoms with Crippen molar-refractivity contribution in [2.75, 3.05) is 26.6 Å². The molecule has 0 aliphatic heterocycles. The summed E-state index contributed by atoms with van der Waals surface area (Å²) in [4.78, 5) is 17.5. The van der Waals surface area contributed by atoms with E-state index in [1.54, 1.807) is 25.1 Å². The van der Waals surface area contributed by atoms with Gasteiger partial charge in [0.05, 0.1) is 17.1 Å². The zero-order valence-corrected chi connectivity index (χ0v) is 24.1. The fourth-order valence-corrected chi connectivity index (χ4v) is 3.05. The highest BCUT2D eigenvalue weighted by Crippen LogP contribution is 2.25. The van der Waals surface area contributed by atoms with Crippen LogP contribution in [0.2, 0.25) is 5.02 Å². The number of carbonyl (C=O) groups is 1. The molecule has 0 atom stereocenters. The van der Waals surface area contributed by atoms with E-state index < -0.39 is 0 Å². The van der Waals surface area contributed by atoms with Crippen LogP contribution in [0, 0.1) is 6.92 Å². The van der Waals surface area contributed by atoms with Gasteiger partial charge in [0.15, 0.2) is 0 Å². The molecule has 0 radical (unpaired) electrons. The Labute approximate surface area is 229 Å². The minimum atomic E-state index is -0.230. The lowest BCUT2D eigenvalue weighted by molar-refractivity contribution is -0.0980. The van der Waals surface area contributed by atoms with Crippen molar-refractivity contribution in [1.29, 1.82) is 0 Å². The van der Waals surface area contributed by atoms with Gasteiger partial charge in [-0.3, -0.25) is 0 Å². The number of ether oxygens (including phenoxy) is 1. The van der Waals surface area contributed by atoms with Crippen molar-refractivity contribution in [3.63, 3.8) is 0 Å². The summed E-state index contributed by atoms with van der Waals surface area (Å²) in [5.74, 6) is 0. The summed E-state index contributed by atoms with van der Waals surface area (Å²) >= 11 is 6.04. The van der Waals surface area contributed by atoms with Crippen LogP contribution in [0.4, 0.5) is 5.69 Å². The van der Waals surface area contributed by atoms with E-state index in [1.807, 2.05) is 71.9 Å². The molecule has 0 unspecified atom stereocenters. The van der Waals surface area contributed by atoms with Gasteiger partial charge in [-0.2, -0.15) is 0 Å². The highest BCUT2D eigenvalue weighted by atomic mass is 35.5. The first-order valence-corrected chi connectivity index (χ1v) is 12.1. The van der Waals surface area contributed by atoms with Crippen molar-refractivity contribution in [1.82, 2.24) is 20.0 Å². The number of hydrogen-bond donors (Lipinski definition) is 1. The van der Waals surface area contributed by atoms with E-state index in [9.17, 15) is 0 Å². The van der Waals surface area contributed by atoms with Crippen LogP contribution in [0.25, 0.3) is 16.9 Å². The van der Waals surface area contributed by atoms with Crippen LogP contribution >= 0.6 is 11.6 Å². The van der Waals surface area contributed by atoms with Crippen molar-refractivity contribution in [2.45, 2.75) is 40.2 Å². The van der Waals surface area contributed by atoms with Crippen LogP contribution in [-0.4, -0.2) is 59.3 Å². The van der Waals surface area contributed by atoms with E-state index >= 15 is 0 Å². The lowest BCUT2D eigenvalue weighted by Crippen LogP contribution is -2.16. The monoisotopic (exact) mass is 540 g/mol. The minimum Gasteiger partial charge on any atom is -0.390 e. The Morgan fingerprint density at radius 3 is 2.29 bits per heavy atom. The topological polar surface area (TPSA) is 104 Å². The standard InChI is InChI=1S/C13H19NO.C12H10ClN5.C2H6O.CH2O/c1-10-6-8-12(9-7-10)11(2)14-15-13(3,4)5;1-14-9-5-4-8(13)7-11(9)18-10-3-2-6-15-12(10)16-17-18;1-3-2;1-2/h6-9H,1-5H3;2-7,14H,1H3;1-2H3;1H2/b14-11-;;;. The number of aromatic nitrogens is 4. The fourth-order valence-electron chi connectivity index (χ4n) is 2.89. The van der Waals surface area contributed by atoms with Gasteiger partial charge in [0.25, 0.3) is 0 Å². The summed E-state index contributed by atoms with van der Waals surface area (Å²) in [7, 11) is 5.10. The molecule has 0 saturated carbocycles. The summed E-state index contributed by atoms with van der Waals surface area (Å²) in [6.07, 6.45) is 1.69. The van der Waals surface area contributed by atoms with Crippen molar-refractivity contribution in [2.24, 2.45) is 5.16 Å². The van der Waals surface area contributed by atoms with Gasteiger partial charge in [0.2, 0.25) is 5.65 Å². The maximum absolute atomic E-state index is 8.00. The molecule has 2 heterocycles. The summed E-state index contributed by atoms with van der Waals surface area (Å²) in [6, 6.07) is 17.6. The summed E-state index contributed by atoms with van der Waals surface area (Å²) in [5.41, 5.74) is 6.26. The molecule has 4 rings (SSSR count). The number of methoxy groups -OCH3 is 1. The van der Waals surface area contributed by atoms with Crippen LogP contribution in [0.3, 0.4) is 0 Å². The van der Waals surface area contributed by atoms with Crippen LogP contribution in [0.15, 0.2) is 65.9 Å². The predicted molar refractivity (Wildman–Crippen MR) is 155 cm³/mol. The molecule has 0 bridgehead atoms. The average molecular weight is 541 g/mol. The van der Waals surface area contributed by atoms with Gasteiger partial charge in [-0.1, -0.05) is 51.8 Å². The molecule has 0 saturated heterocycles. The average Bonchev–Trinajstić information content (AvgIpc) is 3.33. The number of rotatable bonds is 4.